The van der Waals surface area contributed by atoms with Crippen LogP contribution in [0.4, 0.5) is 0 Å². The van der Waals surface area contributed by atoms with E-state index in [0.29, 0.717) is 6.61 Å². The van der Waals surface area contributed by atoms with E-state index in [1.807, 2.05) is 31.2 Å². The van der Waals surface area contributed by atoms with Crippen molar-refractivity contribution in [2.75, 3.05) is 20.3 Å². The highest BCUT2D eigenvalue weighted by atomic mass is 16.6. The number of rotatable bonds is 5. The van der Waals surface area contributed by atoms with Gasteiger partial charge in [0.1, 0.15) is 18.0 Å². The molecule has 1 saturated carbocycles. The number of epoxide rings is 1. The Labute approximate surface area is 112 Å². The van der Waals surface area contributed by atoms with Crippen LogP contribution in [0.1, 0.15) is 25.3 Å². The second-order valence-corrected chi connectivity index (χ2v) is 5.60. The minimum absolute atomic E-state index is 0.158. The molecular formula is C15H18O4. The largest absolute Gasteiger partial charge is 0.490 e. The molecule has 3 rings (SSSR count). The Morgan fingerprint density at radius 2 is 2.05 bits per heavy atom. The van der Waals surface area contributed by atoms with E-state index in [9.17, 15) is 4.79 Å². The first-order valence-electron chi connectivity index (χ1n) is 6.54. The molecule has 0 radical (unpaired) electrons. The predicted octanol–water partition coefficient (Wildman–Crippen LogP) is 2.06. The zero-order valence-electron chi connectivity index (χ0n) is 11.3. The lowest BCUT2D eigenvalue weighted by Crippen LogP contribution is -2.24. The van der Waals surface area contributed by atoms with Crippen LogP contribution in [0.3, 0.4) is 0 Å². The van der Waals surface area contributed by atoms with E-state index in [1.54, 1.807) is 0 Å². The van der Waals surface area contributed by atoms with Crippen molar-refractivity contribution >= 4 is 5.97 Å². The first-order valence-corrected chi connectivity index (χ1v) is 6.54. The summed E-state index contributed by atoms with van der Waals surface area (Å²) in [6.07, 6.45) is 1.65. The Bertz CT molecular complexity index is 501. The molecule has 1 heterocycles. The van der Waals surface area contributed by atoms with Crippen molar-refractivity contribution in [1.29, 1.82) is 0 Å². The number of methoxy groups -OCH3 is 1. The van der Waals surface area contributed by atoms with Gasteiger partial charge in [0.25, 0.3) is 0 Å². The number of carbonyl (C=O) groups is 1. The molecule has 102 valence electrons. The summed E-state index contributed by atoms with van der Waals surface area (Å²) in [5, 5.41) is 0. The second kappa shape index (κ2) is 4.23. The average Bonchev–Trinajstić information content (AvgIpc) is 3.33. The number of hydrogen-bond donors (Lipinski definition) is 0. The summed E-state index contributed by atoms with van der Waals surface area (Å²) in [6.45, 7) is 3.27. The maximum Gasteiger partial charge on any atom is 0.316 e. The van der Waals surface area contributed by atoms with Crippen LogP contribution in [0.15, 0.2) is 24.3 Å². The normalized spacial score (nSPS) is 26.6. The molecule has 2 fully saturated rings. The third kappa shape index (κ3) is 2.21. The molecule has 19 heavy (non-hydrogen) atoms. The van der Waals surface area contributed by atoms with Crippen molar-refractivity contribution in [1.82, 2.24) is 0 Å². The molecule has 1 aliphatic carbocycles. The van der Waals surface area contributed by atoms with Crippen LogP contribution < -0.4 is 4.74 Å². The van der Waals surface area contributed by atoms with Gasteiger partial charge in [-0.15, -0.1) is 0 Å². The molecule has 0 amide bonds. The van der Waals surface area contributed by atoms with E-state index in [-0.39, 0.29) is 11.6 Å². The third-order valence-corrected chi connectivity index (χ3v) is 3.90. The van der Waals surface area contributed by atoms with Crippen LogP contribution in [-0.4, -0.2) is 31.9 Å². The number of carbonyl (C=O) groups excluding carboxylic acids is 1. The summed E-state index contributed by atoms with van der Waals surface area (Å²) in [6, 6.07) is 7.71. The molecule has 0 bridgehead atoms. The van der Waals surface area contributed by atoms with E-state index in [4.69, 9.17) is 14.2 Å². The summed E-state index contributed by atoms with van der Waals surface area (Å²) >= 11 is 0. The number of hydrogen-bond acceptors (Lipinski definition) is 4. The van der Waals surface area contributed by atoms with Crippen LogP contribution in [0.2, 0.25) is 0 Å². The molecule has 1 aromatic rings. The highest BCUT2D eigenvalue weighted by Gasteiger charge is 2.54. The second-order valence-electron chi connectivity index (χ2n) is 5.60. The van der Waals surface area contributed by atoms with E-state index >= 15 is 0 Å². The lowest BCUT2D eigenvalue weighted by molar-refractivity contribution is -0.143. The van der Waals surface area contributed by atoms with Crippen LogP contribution >= 0.6 is 0 Å². The minimum Gasteiger partial charge on any atom is -0.490 e. The molecule has 0 aromatic heterocycles. The maximum absolute atomic E-state index is 12.0. The van der Waals surface area contributed by atoms with Gasteiger partial charge in [-0.3, -0.25) is 4.79 Å². The van der Waals surface area contributed by atoms with Gasteiger partial charge in [-0.2, -0.15) is 0 Å². The molecular weight excluding hydrogens is 244 g/mol. The van der Waals surface area contributed by atoms with Crippen LogP contribution in [0.5, 0.6) is 5.75 Å². The summed E-state index contributed by atoms with van der Waals surface area (Å²) < 4.78 is 16.1. The number of esters is 1. The lowest BCUT2D eigenvalue weighted by Gasteiger charge is -2.18. The third-order valence-electron chi connectivity index (χ3n) is 3.90. The Kier molecular flexibility index (Phi) is 2.78. The summed E-state index contributed by atoms with van der Waals surface area (Å²) in [5.41, 5.74) is 0.289. The summed E-state index contributed by atoms with van der Waals surface area (Å²) in [5.74, 6) is 0.597. The van der Waals surface area contributed by atoms with Crippen molar-refractivity contribution in [2.45, 2.75) is 30.8 Å². The summed E-state index contributed by atoms with van der Waals surface area (Å²) in [4.78, 5) is 12.0. The van der Waals surface area contributed by atoms with Gasteiger partial charge >= 0.3 is 5.97 Å². The van der Waals surface area contributed by atoms with Crippen LogP contribution in [-0.2, 0) is 19.7 Å². The van der Waals surface area contributed by atoms with Gasteiger partial charge in [0, 0.05) is 5.56 Å². The predicted molar refractivity (Wildman–Crippen MR) is 69.2 cm³/mol. The van der Waals surface area contributed by atoms with E-state index in [2.05, 4.69) is 0 Å². The summed E-state index contributed by atoms with van der Waals surface area (Å²) in [7, 11) is 1.44. The average molecular weight is 262 g/mol. The Morgan fingerprint density at radius 3 is 2.63 bits per heavy atom. The molecule has 1 aromatic carbocycles. The van der Waals surface area contributed by atoms with Crippen molar-refractivity contribution in [3.63, 3.8) is 0 Å². The molecule has 1 saturated heterocycles. The van der Waals surface area contributed by atoms with E-state index < -0.39 is 5.41 Å². The Hall–Kier alpha value is -1.55. The Balaban J connectivity index is 1.83. The minimum atomic E-state index is -0.489. The fraction of sp³-hybridized carbons (Fsp3) is 0.533. The lowest BCUT2D eigenvalue weighted by atomic mass is 9.95. The Morgan fingerprint density at radius 1 is 1.37 bits per heavy atom. The van der Waals surface area contributed by atoms with Crippen molar-refractivity contribution in [3.8, 4) is 5.75 Å². The molecule has 4 heteroatoms. The van der Waals surface area contributed by atoms with Gasteiger partial charge in [0.2, 0.25) is 0 Å². The van der Waals surface area contributed by atoms with Gasteiger partial charge in [-0.25, -0.2) is 0 Å². The first kappa shape index (κ1) is 12.5. The monoisotopic (exact) mass is 262 g/mol. The first-order chi connectivity index (χ1) is 9.10. The topological polar surface area (TPSA) is 48.1 Å². The van der Waals surface area contributed by atoms with Crippen molar-refractivity contribution in [3.05, 3.63) is 29.8 Å². The van der Waals surface area contributed by atoms with Gasteiger partial charge in [0.05, 0.1) is 19.1 Å². The zero-order valence-corrected chi connectivity index (χ0v) is 11.3. The highest BCUT2D eigenvalue weighted by molar-refractivity contribution is 5.87. The van der Waals surface area contributed by atoms with E-state index in [0.717, 1.165) is 30.8 Å². The van der Waals surface area contributed by atoms with Gasteiger partial charge in [-0.05, 0) is 25.8 Å². The molecule has 2 aliphatic rings. The fourth-order valence-corrected chi connectivity index (χ4v) is 2.33. The van der Waals surface area contributed by atoms with Crippen LogP contribution in [0.25, 0.3) is 0 Å². The molecule has 0 unspecified atom stereocenters. The molecule has 0 N–H and O–H groups in total. The molecule has 1 atom stereocenters. The van der Waals surface area contributed by atoms with E-state index in [1.165, 1.54) is 7.11 Å². The van der Waals surface area contributed by atoms with Gasteiger partial charge < -0.3 is 14.2 Å². The molecule has 4 nitrogen and oxygen atoms in total. The molecule has 1 aliphatic heterocycles. The van der Waals surface area contributed by atoms with Crippen LogP contribution in [0, 0.1) is 0 Å². The quantitative estimate of drug-likeness (QED) is 0.602. The smallest absolute Gasteiger partial charge is 0.316 e. The number of para-hydroxylation sites is 1. The zero-order chi connectivity index (χ0) is 13.5. The van der Waals surface area contributed by atoms with Gasteiger partial charge in [-0.1, -0.05) is 18.2 Å². The van der Waals surface area contributed by atoms with Gasteiger partial charge in [0.15, 0.2) is 0 Å². The standard InChI is InChI=1S/C15H18O4/c1-14(10-19-14)9-18-12-6-4-3-5-11(12)15(7-8-15)13(16)17-2/h3-6H,7-10H2,1-2H3/t14-/m0/s1. The van der Waals surface area contributed by atoms with Crippen molar-refractivity contribution < 1.29 is 19.0 Å². The highest BCUT2D eigenvalue weighted by Crippen LogP contribution is 2.52. The number of benzene rings is 1. The number of ether oxygens (including phenoxy) is 3. The molecule has 0 spiro atoms. The van der Waals surface area contributed by atoms with Crippen molar-refractivity contribution in [2.24, 2.45) is 0 Å². The fourth-order valence-electron chi connectivity index (χ4n) is 2.33. The maximum atomic E-state index is 12.0. The SMILES string of the molecule is COC(=O)C1(c2ccccc2OC[C@@]2(C)CO2)CC1.